The van der Waals surface area contributed by atoms with Crippen LogP contribution < -0.4 is 15.0 Å². The maximum absolute atomic E-state index is 13.4. The molecule has 10 heteroatoms. The molecule has 0 N–H and O–H groups in total. The van der Waals surface area contributed by atoms with Crippen molar-refractivity contribution in [3.8, 4) is 11.5 Å². The van der Waals surface area contributed by atoms with Gasteiger partial charge in [0.2, 0.25) is 12.7 Å². The molecule has 0 bridgehead atoms. The first kappa shape index (κ1) is 21.7. The third-order valence-electron chi connectivity index (χ3n) is 6.90. The molecular formula is C25H27N5O5. The summed E-state index contributed by atoms with van der Waals surface area (Å²) in [6, 6.07) is 8.85. The highest BCUT2D eigenvalue weighted by Crippen LogP contribution is 2.33. The van der Waals surface area contributed by atoms with Crippen molar-refractivity contribution in [3.05, 3.63) is 58.3 Å². The number of ether oxygens (including phenoxy) is 2. The summed E-state index contributed by atoms with van der Waals surface area (Å²) in [6.45, 7) is 7.48. The first-order valence-corrected chi connectivity index (χ1v) is 11.9. The number of hydrogen-bond acceptors (Lipinski definition) is 7. The van der Waals surface area contributed by atoms with Crippen molar-refractivity contribution in [2.75, 3.05) is 33.0 Å². The molecule has 0 radical (unpaired) electrons. The molecule has 6 rings (SSSR count). The number of hydrogen-bond donors (Lipinski definition) is 0. The van der Waals surface area contributed by atoms with Gasteiger partial charge in [-0.25, -0.2) is 4.68 Å². The van der Waals surface area contributed by atoms with Crippen molar-refractivity contribution in [1.29, 1.82) is 0 Å². The van der Waals surface area contributed by atoms with Gasteiger partial charge in [0.05, 0.1) is 11.8 Å². The molecular weight excluding hydrogens is 450 g/mol. The topological polar surface area (TPSA) is 94.5 Å². The Labute approximate surface area is 201 Å². The number of carbonyl (C=O) groups excluding carboxylic acids is 1. The zero-order chi connectivity index (χ0) is 24.1. The number of piperazine rings is 1. The van der Waals surface area contributed by atoms with Crippen LogP contribution in [0.2, 0.25) is 0 Å². The second kappa shape index (κ2) is 8.46. The van der Waals surface area contributed by atoms with Crippen molar-refractivity contribution in [2.24, 2.45) is 0 Å². The average molecular weight is 478 g/mol. The van der Waals surface area contributed by atoms with E-state index in [9.17, 15) is 9.59 Å². The number of aromatic nitrogens is 3. The number of benzene rings is 1. The molecule has 3 aromatic heterocycles. The molecule has 182 valence electrons. The normalized spacial score (nSPS) is 16.9. The van der Waals surface area contributed by atoms with Crippen LogP contribution >= 0.6 is 0 Å². The molecule has 0 spiro atoms. The highest BCUT2D eigenvalue weighted by atomic mass is 16.7. The number of carbonyl (C=O) groups is 1. The fourth-order valence-electron chi connectivity index (χ4n) is 4.98. The van der Waals surface area contributed by atoms with Crippen LogP contribution in [0.3, 0.4) is 0 Å². The van der Waals surface area contributed by atoms with Gasteiger partial charge >= 0.3 is 0 Å². The smallest absolute Gasteiger partial charge is 0.291 e. The molecule has 2 aliphatic heterocycles. The number of aryl methyl sites for hydroxylation is 1. The Hall–Kier alpha value is -3.79. The van der Waals surface area contributed by atoms with E-state index in [4.69, 9.17) is 13.9 Å². The van der Waals surface area contributed by atoms with E-state index < -0.39 is 6.04 Å². The number of rotatable bonds is 5. The van der Waals surface area contributed by atoms with Gasteiger partial charge in [0.1, 0.15) is 17.4 Å². The van der Waals surface area contributed by atoms with E-state index in [1.165, 1.54) is 4.68 Å². The van der Waals surface area contributed by atoms with Crippen molar-refractivity contribution in [3.63, 3.8) is 0 Å². The standard InChI is InChI=1S/C25H27N5O5/c1-3-23-26-30(25(32)19-13-21-18(29(19)23)6-11-33-21)16(2)24(31)28-9-7-27(8-10-28)14-17-4-5-20-22(12-17)35-15-34-20/h4-6,11-13,16H,3,7-10,14-15H2,1-2H3. The Morgan fingerprint density at radius 2 is 1.86 bits per heavy atom. The van der Waals surface area contributed by atoms with Gasteiger partial charge in [0.15, 0.2) is 17.1 Å². The van der Waals surface area contributed by atoms with Gasteiger partial charge in [-0.3, -0.25) is 18.9 Å². The van der Waals surface area contributed by atoms with E-state index >= 15 is 0 Å². The van der Waals surface area contributed by atoms with Crippen LogP contribution in [0.25, 0.3) is 16.6 Å². The summed E-state index contributed by atoms with van der Waals surface area (Å²) in [7, 11) is 0. The van der Waals surface area contributed by atoms with Crippen LogP contribution in [0.15, 0.2) is 45.8 Å². The molecule has 1 fully saturated rings. The summed E-state index contributed by atoms with van der Waals surface area (Å²) in [5.74, 6) is 2.18. The van der Waals surface area contributed by atoms with Gasteiger partial charge in [-0.05, 0) is 24.6 Å². The predicted octanol–water partition coefficient (Wildman–Crippen LogP) is 2.44. The van der Waals surface area contributed by atoms with Gasteiger partial charge in [-0.2, -0.15) is 5.10 Å². The first-order chi connectivity index (χ1) is 17.0. The minimum absolute atomic E-state index is 0.0935. The molecule has 1 aromatic carbocycles. The molecule has 1 saturated heterocycles. The molecule has 4 aromatic rings. The minimum atomic E-state index is -0.695. The summed E-state index contributed by atoms with van der Waals surface area (Å²) in [4.78, 5) is 30.8. The average Bonchev–Trinajstić information content (AvgIpc) is 3.60. The number of nitrogens with zero attached hydrogens (tertiary/aromatic N) is 5. The van der Waals surface area contributed by atoms with Crippen LogP contribution in [0.4, 0.5) is 0 Å². The van der Waals surface area contributed by atoms with Gasteiger partial charge in [0.25, 0.3) is 5.56 Å². The lowest BCUT2D eigenvalue weighted by molar-refractivity contribution is -0.136. The second-order valence-electron chi connectivity index (χ2n) is 9.02. The third-order valence-corrected chi connectivity index (χ3v) is 6.90. The monoisotopic (exact) mass is 477 g/mol. The van der Waals surface area contributed by atoms with Crippen LogP contribution in [-0.4, -0.2) is 62.9 Å². The lowest BCUT2D eigenvalue weighted by Crippen LogP contribution is -2.50. The molecule has 35 heavy (non-hydrogen) atoms. The Morgan fingerprint density at radius 3 is 2.66 bits per heavy atom. The lowest BCUT2D eigenvalue weighted by atomic mass is 10.1. The Balaban J connectivity index is 1.17. The molecule has 10 nitrogen and oxygen atoms in total. The van der Waals surface area contributed by atoms with Gasteiger partial charge < -0.3 is 18.8 Å². The largest absolute Gasteiger partial charge is 0.463 e. The third kappa shape index (κ3) is 3.65. The van der Waals surface area contributed by atoms with E-state index in [-0.39, 0.29) is 18.3 Å². The van der Waals surface area contributed by atoms with Crippen molar-refractivity contribution in [1.82, 2.24) is 24.0 Å². The van der Waals surface area contributed by atoms with Crippen molar-refractivity contribution < 1.29 is 18.7 Å². The van der Waals surface area contributed by atoms with Crippen LogP contribution in [0, 0.1) is 0 Å². The summed E-state index contributed by atoms with van der Waals surface area (Å²) in [5.41, 5.74) is 2.77. The van der Waals surface area contributed by atoms with E-state index in [0.717, 1.165) is 42.2 Å². The zero-order valence-corrected chi connectivity index (χ0v) is 19.8. The van der Waals surface area contributed by atoms with E-state index in [1.54, 1.807) is 19.3 Å². The predicted molar refractivity (Wildman–Crippen MR) is 128 cm³/mol. The molecule has 0 aliphatic carbocycles. The van der Waals surface area contributed by atoms with Crippen LogP contribution in [-0.2, 0) is 17.8 Å². The first-order valence-electron chi connectivity index (χ1n) is 11.9. The number of amides is 1. The lowest BCUT2D eigenvalue weighted by Gasteiger charge is -2.36. The SMILES string of the molecule is CCc1nn(C(C)C(=O)N2CCN(Cc3ccc4c(c3)OCO4)CC2)c(=O)c2cc3occc3n12. The molecule has 1 atom stereocenters. The minimum Gasteiger partial charge on any atom is -0.463 e. The summed E-state index contributed by atoms with van der Waals surface area (Å²) in [5, 5.41) is 4.58. The fourth-order valence-corrected chi connectivity index (χ4v) is 4.98. The van der Waals surface area contributed by atoms with Crippen molar-refractivity contribution in [2.45, 2.75) is 32.9 Å². The van der Waals surface area contributed by atoms with Crippen molar-refractivity contribution >= 4 is 22.5 Å². The Bertz CT molecular complexity index is 1480. The van der Waals surface area contributed by atoms with E-state index in [1.807, 2.05) is 40.5 Å². The highest BCUT2D eigenvalue weighted by molar-refractivity contribution is 5.83. The summed E-state index contributed by atoms with van der Waals surface area (Å²) in [6.07, 6.45) is 2.21. The summed E-state index contributed by atoms with van der Waals surface area (Å²) < 4.78 is 19.5. The highest BCUT2D eigenvalue weighted by Gasteiger charge is 2.28. The van der Waals surface area contributed by atoms with E-state index in [2.05, 4.69) is 10.00 Å². The number of fused-ring (bicyclic) bond motifs is 4. The number of furan rings is 1. The Kier molecular flexibility index (Phi) is 5.25. The maximum atomic E-state index is 13.4. The van der Waals surface area contributed by atoms with Gasteiger partial charge in [-0.1, -0.05) is 13.0 Å². The van der Waals surface area contributed by atoms with Crippen LogP contribution in [0.1, 0.15) is 31.3 Å². The van der Waals surface area contributed by atoms with Gasteiger partial charge in [0, 0.05) is 51.3 Å². The summed E-state index contributed by atoms with van der Waals surface area (Å²) >= 11 is 0. The molecule has 1 unspecified atom stereocenters. The second-order valence-corrected chi connectivity index (χ2v) is 9.02. The molecule has 2 aliphatic rings. The van der Waals surface area contributed by atoms with E-state index in [0.29, 0.717) is 36.4 Å². The van der Waals surface area contributed by atoms with Crippen LogP contribution in [0.5, 0.6) is 11.5 Å². The van der Waals surface area contributed by atoms with Gasteiger partial charge in [-0.15, -0.1) is 0 Å². The Morgan fingerprint density at radius 1 is 1.06 bits per heavy atom. The molecule has 0 saturated carbocycles. The quantitative estimate of drug-likeness (QED) is 0.436. The molecule has 5 heterocycles. The molecule has 1 amide bonds. The maximum Gasteiger partial charge on any atom is 0.291 e. The fraction of sp³-hybridized carbons (Fsp3) is 0.400. The zero-order valence-electron chi connectivity index (χ0n) is 19.8.